The van der Waals surface area contributed by atoms with E-state index in [-0.39, 0.29) is 23.3 Å². The van der Waals surface area contributed by atoms with Crippen molar-refractivity contribution in [3.63, 3.8) is 0 Å². The molecule has 0 saturated carbocycles. The van der Waals surface area contributed by atoms with Crippen molar-refractivity contribution >= 4 is 62.5 Å². The number of nitrogens with zero attached hydrogens (tertiary/aromatic N) is 1. The molecular weight excluding hydrogens is 640 g/mol. The Bertz CT molecular complexity index is 1770. The number of thiazole rings is 1. The lowest BCUT2D eigenvalue weighted by Crippen LogP contribution is -2.32. The van der Waals surface area contributed by atoms with Gasteiger partial charge in [0.25, 0.3) is 0 Å². The number of rotatable bonds is 7. The quantitative estimate of drug-likeness (QED) is 0.189. The molecule has 11 heteroatoms. The lowest BCUT2D eigenvalue weighted by atomic mass is 9.82. The Morgan fingerprint density at radius 2 is 1.79 bits per heavy atom. The van der Waals surface area contributed by atoms with E-state index >= 15 is 0 Å². The van der Waals surface area contributed by atoms with Crippen LogP contribution < -0.4 is 14.5 Å². The lowest BCUT2D eigenvalue weighted by molar-refractivity contribution is -0.122. The SMILES string of the molecule is CCOC(=O)c1ccc(N2C(=O)C3Sc4[nH]c(=O)sc4C(c4cc(Br)ccc4OCc4ccccc4C)C3C2=O)cc1. The van der Waals surface area contributed by atoms with Gasteiger partial charge >= 0.3 is 10.8 Å². The number of fused-ring (bicyclic) bond motifs is 2. The molecule has 0 radical (unpaired) electrons. The number of aromatic amines is 1. The third-order valence-corrected chi connectivity index (χ3v) is 10.3. The number of anilines is 1. The van der Waals surface area contributed by atoms with Crippen LogP contribution in [0.3, 0.4) is 0 Å². The van der Waals surface area contributed by atoms with Crippen molar-refractivity contribution in [2.24, 2.45) is 5.92 Å². The zero-order valence-electron chi connectivity index (χ0n) is 22.6. The van der Waals surface area contributed by atoms with Gasteiger partial charge in [-0.2, -0.15) is 0 Å². The Balaban J connectivity index is 1.40. The molecule has 3 atom stereocenters. The summed E-state index contributed by atoms with van der Waals surface area (Å²) in [6.07, 6.45) is 0. The first kappa shape index (κ1) is 28.4. The Hall–Kier alpha value is -3.67. The summed E-state index contributed by atoms with van der Waals surface area (Å²) >= 11 is 5.82. The average molecular weight is 666 g/mol. The number of amides is 2. The fourth-order valence-electron chi connectivity index (χ4n) is 5.39. The summed E-state index contributed by atoms with van der Waals surface area (Å²) in [4.78, 5) is 57.2. The van der Waals surface area contributed by atoms with Crippen LogP contribution >= 0.6 is 39.0 Å². The number of hydrogen-bond donors (Lipinski definition) is 1. The number of thioether (sulfide) groups is 1. The van der Waals surface area contributed by atoms with Crippen molar-refractivity contribution in [3.8, 4) is 5.75 Å². The third kappa shape index (κ3) is 5.10. The van der Waals surface area contributed by atoms with E-state index in [1.807, 2.05) is 49.4 Å². The number of carbonyl (C=O) groups excluding carboxylic acids is 3. The van der Waals surface area contributed by atoms with Crippen LogP contribution in [0.2, 0.25) is 0 Å². The first-order chi connectivity index (χ1) is 20.3. The van der Waals surface area contributed by atoms with Gasteiger partial charge < -0.3 is 14.5 Å². The summed E-state index contributed by atoms with van der Waals surface area (Å²) < 4.78 is 12.2. The molecule has 3 unspecified atom stereocenters. The van der Waals surface area contributed by atoms with Crippen molar-refractivity contribution < 1.29 is 23.9 Å². The van der Waals surface area contributed by atoms with Crippen LogP contribution in [0.4, 0.5) is 5.69 Å². The molecule has 2 aliphatic rings. The largest absolute Gasteiger partial charge is 0.489 e. The second kappa shape index (κ2) is 11.5. The minimum absolute atomic E-state index is 0.240. The molecule has 42 heavy (non-hydrogen) atoms. The molecule has 4 aromatic rings. The van der Waals surface area contributed by atoms with Crippen LogP contribution in [0.25, 0.3) is 0 Å². The summed E-state index contributed by atoms with van der Waals surface area (Å²) in [5.41, 5.74) is 3.53. The molecule has 1 saturated heterocycles. The minimum Gasteiger partial charge on any atom is -0.489 e. The fourth-order valence-corrected chi connectivity index (χ4v) is 8.27. The van der Waals surface area contributed by atoms with Crippen LogP contribution in [0, 0.1) is 12.8 Å². The van der Waals surface area contributed by atoms with E-state index in [4.69, 9.17) is 9.47 Å². The van der Waals surface area contributed by atoms with Crippen molar-refractivity contribution in [1.29, 1.82) is 0 Å². The van der Waals surface area contributed by atoms with E-state index in [1.165, 1.54) is 16.7 Å². The average Bonchev–Trinajstić information content (AvgIpc) is 3.47. The Kier molecular flexibility index (Phi) is 7.82. The van der Waals surface area contributed by atoms with Crippen molar-refractivity contribution in [1.82, 2.24) is 4.98 Å². The van der Waals surface area contributed by atoms with Gasteiger partial charge in [0, 0.05) is 20.8 Å². The molecule has 2 aliphatic heterocycles. The minimum atomic E-state index is -0.777. The van der Waals surface area contributed by atoms with Gasteiger partial charge in [-0.1, -0.05) is 63.3 Å². The molecular formula is C31H25BrN2O6S2. The van der Waals surface area contributed by atoms with Crippen molar-refractivity contribution in [3.05, 3.63) is 108 Å². The number of esters is 1. The number of H-pyrrole nitrogens is 1. The maximum Gasteiger partial charge on any atom is 0.338 e. The highest BCUT2D eigenvalue weighted by Crippen LogP contribution is 2.54. The zero-order valence-corrected chi connectivity index (χ0v) is 25.8. The number of aromatic nitrogens is 1. The van der Waals surface area contributed by atoms with E-state index in [0.29, 0.717) is 39.1 Å². The Labute approximate surface area is 258 Å². The fraction of sp³-hybridized carbons (Fsp3) is 0.226. The highest BCUT2D eigenvalue weighted by Gasteiger charge is 2.56. The Morgan fingerprint density at radius 1 is 1.02 bits per heavy atom. The summed E-state index contributed by atoms with van der Waals surface area (Å²) in [7, 11) is 0. The number of hydrogen-bond acceptors (Lipinski definition) is 8. The molecule has 214 valence electrons. The lowest BCUT2D eigenvalue weighted by Gasteiger charge is -2.31. The molecule has 0 bridgehead atoms. The smallest absolute Gasteiger partial charge is 0.338 e. The van der Waals surface area contributed by atoms with Gasteiger partial charge in [-0.15, -0.1) is 0 Å². The van der Waals surface area contributed by atoms with Crippen LogP contribution in [-0.2, 0) is 20.9 Å². The van der Waals surface area contributed by atoms with Crippen LogP contribution in [0.5, 0.6) is 5.75 Å². The molecule has 3 aromatic carbocycles. The van der Waals surface area contributed by atoms with Gasteiger partial charge in [0.05, 0.1) is 28.8 Å². The van der Waals surface area contributed by atoms with Crippen molar-refractivity contribution in [2.75, 3.05) is 11.5 Å². The van der Waals surface area contributed by atoms with Crippen molar-refractivity contribution in [2.45, 2.75) is 36.6 Å². The van der Waals surface area contributed by atoms with Gasteiger partial charge in [0.2, 0.25) is 11.8 Å². The summed E-state index contributed by atoms with van der Waals surface area (Å²) in [6.45, 7) is 4.30. The van der Waals surface area contributed by atoms with E-state index in [2.05, 4.69) is 20.9 Å². The number of halogens is 1. The standard InChI is InChI=1S/C31H25BrN2O6S2/c1-3-39-30(37)17-8-11-20(12-9-17)34-28(35)24-23(25-27(33-31(38)42-25)41-26(24)29(34)36)21-14-19(32)10-13-22(21)40-15-18-7-5-4-6-16(18)2/h4-14,23-24,26H,3,15H2,1-2H3,(H,33,38). The molecule has 2 amide bonds. The zero-order chi connectivity index (χ0) is 29.5. The summed E-state index contributed by atoms with van der Waals surface area (Å²) in [5, 5.41) is -0.171. The number of carbonyl (C=O) groups is 3. The van der Waals surface area contributed by atoms with Gasteiger partial charge in [-0.3, -0.25) is 14.4 Å². The third-order valence-electron chi connectivity index (χ3n) is 7.41. The second-order valence-corrected chi connectivity index (χ2v) is 13.0. The highest BCUT2D eigenvalue weighted by molar-refractivity contribution is 9.10. The molecule has 3 heterocycles. The first-order valence-electron chi connectivity index (χ1n) is 13.3. The molecule has 0 aliphatic carbocycles. The maximum atomic E-state index is 14.2. The summed E-state index contributed by atoms with van der Waals surface area (Å²) in [5.74, 6) is -2.03. The molecule has 6 rings (SSSR count). The highest BCUT2D eigenvalue weighted by atomic mass is 79.9. The second-order valence-electron chi connectivity index (χ2n) is 9.93. The number of nitrogens with one attached hydrogen (secondary N) is 1. The summed E-state index contributed by atoms with van der Waals surface area (Å²) in [6, 6.07) is 19.8. The van der Waals surface area contributed by atoms with Crippen LogP contribution in [-0.4, -0.2) is 34.6 Å². The van der Waals surface area contributed by atoms with Gasteiger partial charge in [-0.25, -0.2) is 9.69 Å². The number of imide groups is 1. The van der Waals surface area contributed by atoms with Crippen LogP contribution in [0.15, 0.2) is 81.0 Å². The predicted octanol–water partition coefficient (Wildman–Crippen LogP) is 6.06. The Morgan fingerprint density at radius 3 is 2.52 bits per heavy atom. The first-order valence-corrected chi connectivity index (χ1v) is 15.8. The number of benzene rings is 3. The molecule has 0 spiro atoms. The normalized spacial score (nSPS) is 19.4. The van der Waals surface area contributed by atoms with Gasteiger partial charge in [0.1, 0.15) is 17.6 Å². The maximum absolute atomic E-state index is 14.2. The molecule has 8 nitrogen and oxygen atoms in total. The van der Waals surface area contributed by atoms with Gasteiger partial charge in [-0.05, 0) is 67.4 Å². The van der Waals surface area contributed by atoms with Gasteiger partial charge in [0.15, 0.2) is 0 Å². The predicted molar refractivity (Wildman–Crippen MR) is 164 cm³/mol. The number of aryl methyl sites for hydroxylation is 1. The molecule has 1 fully saturated rings. The van der Waals surface area contributed by atoms with E-state index < -0.39 is 23.1 Å². The van der Waals surface area contributed by atoms with E-state index in [1.54, 1.807) is 31.2 Å². The number of ether oxygens (including phenoxy) is 2. The van der Waals surface area contributed by atoms with E-state index in [9.17, 15) is 19.2 Å². The monoisotopic (exact) mass is 664 g/mol. The van der Waals surface area contributed by atoms with E-state index in [0.717, 1.165) is 26.9 Å². The molecule has 1 N–H and O–H groups in total. The molecule has 1 aromatic heterocycles. The van der Waals surface area contributed by atoms with Crippen LogP contribution in [0.1, 0.15) is 44.8 Å². The topological polar surface area (TPSA) is 106 Å².